The van der Waals surface area contributed by atoms with E-state index in [0.717, 1.165) is 19.3 Å². The van der Waals surface area contributed by atoms with Crippen LogP contribution in [0, 0.1) is 11.3 Å². The summed E-state index contributed by atoms with van der Waals surface area (Å²) in [4.78, 5) is 10.9. The van der Waals surface area contributed by atoms with E-state index in [1.54, 1.807) is 0 Å². The Morgan fingerprint density at radius 1 is 1.62 bits per heavy atom. The number of methoxy groups -OCH3 is 1. The molecule has 1 saturated carbocycles. The quantitative estimate of drug-likeness (QED) is 0.674. The minimum Gasteiger partial charge on any atom is -0.469 e. The number of esters is 1. The van der Waals surface area contributed by atoms with Crippen molar-refractivity contribution in [2.75, 3.05) is 13.7 Å². The zero-order valence-electron chi connectivity index (χ0n) is 8.38. The fourth-order valence-corrected chi connectivity index (χ4v) is 2.17. The molecule has 1 aliphatic rings. The summed E-state index contributed by atoms with van der Waals surface area (Å²) >= 11 is 0. The van der Waals surface area contributed by atoms with E-state index in [1.165, 1.54) is 7.11 Å². The van der Waals surface area contributed by atoms with Crippen LogP contribution in [0.2, 0.25) is 0 Å². The predicted molar refractivity (Wildman–Crippen MR) is 49.2 cm³/mol. The number of carbonyl (C=O) groups excluding carboxylic acids is 1. The van der Waals surface area contributed by atoms with Crippen LogP contribution in [0.4, 0.5) is 0 Å². The van der Waals surface area contributed by atoms with Crippen molar-refractivity contribution in [3.05, 3.63) is 0 Å². The molecule has 0 aliphatic heterocycles. The number of hydrogen-bond donors (Lipinski definition) is 1. The first kappa shape index (κ1) is 10.5. The molecule has 76 valence electrons. The van der Waals surface area contributed by atoms with Crippen LogP contribution in [-0.2, 0) is 9.53 Å². The Labute approximate surface area is 79.1 Å². The Morgan fingerprint density at radius 3 is 2.69 bits per heavy atom. The van der Waals surface area contributed by atoms with Gasteiger partial charge in [0, 0.05) is 13.0 Å². The van der Waals surface area contributed by atoms with Gasteiger partial charge >= 0.3 is 5.97 Å². The summed E-state index contributed by atoms with van der Waals surface area (Å²) in [6, 6.07) is 0. The molecular weight excluding hydrogens is 168 g/mol. The molecule has 1 fully saturated rings. The van der Waals surface area contributed by atoms with Crippen LogP contribution in [0.1, 0.15) is 32.6 Å². The molecule has 0 amide bonds. The van der Waals surface area contributed by atoms with E-state index in [0.29, 0.717) is 12.3 Å². The van der Waals surface area contributed by atoms with E-state index in [1.807, 2.05) is 0 Å². The van der Waals surface area contributed by atoms with E-state index in [2.05, 4.69) is 11.7 Å². The molecule has 0 unspecified atom stereocenters. The van der Waals surface area contributed by atoms with Gasteiger partial charge in [-0.2, -0.15) is 0 Å². The molecule has 0 aromatic carbocycles. The molecule has 3 heteroatoms. The Balaban J connectivity index is 2.19. The highest BCUT2D eigenvalue weighted by molar-refractivity contribution is 5.69. The Hall–Kier alpha value is -0.570. The standard InChI is InChI=1S/C10H18O3/c1-10(4-3-9(12)13-2)5-8(6-10)7-11/h8,11H,3-7H2,1-2H3. The molecule has 0 aromatic heterocycles. The maximum Gasteiger partial charge on any atom is 0.305 e. The Morgan fingerprint density at radius 2 is 2.23 bits per heavy atom. The van der Waals surface area contributed by atoms with Crippen LogP contribution < -0.4 is 0 Å². The highest BCUT2D eigenvalue weighted by Gasteiger charge is 2.39. The van der Waals surface area contributed by atoms with Gasteiger partial charge in [0.05, 0.1) is 7.11 Å². The molecule has 0 spiro atoms. The first-order valence-electron chi connectivity index (χ1n) is 4.77. The molecule has 3 nitrogen and oxygen atoms in total. The maximum atomic E-state index is 10.9. The number of hydrogen-bond acceptors (Lipinski definition) is 3. The summed E-state index contributed by atoms with van der Waals surface area (Å²) in [6.07, 6.45) is 3.47. The number of carbonyl (C=O) groups is 1. The average Bonchev–Trinajstić information content (AvgIpc) is 2.09. The Bertz CT molecular complexity index is 183. The lowest BCUT2D eigenvalue weighted by Crippen LogP contribution is -2.36. The first-order valence-corrected chi connectivity index (χ1v) is 4.77. The molecule has 0 bridgehead atoms. The highest BCUT2D eigenvalue weighted by Crippen LogP contribution is 2.48. The molecule has 1 N–H and O–H groups in total. The van der Waals surface area contributed by atoms with Gasteiger partial charge in [-0.05, 0) is 30.6 Å². The molecule has 0 radical (unpaired) electrons. The second kappa shape index (κ2) is 4.09. The third-order valence-corrected chi connectivity index (χ3v) is 2.98. The van der Waals surface area contributed by atoms with Gasteiger partial charge in [0.2, 0.25) is 0 Å². The average molecular weight is 186 g/mol. The molecule has 13 heavy (non-hydrogen) atoms. The number of aliphatic hydroxyl groups is 1. The summed E-state index contributed by atoms with van der Waals surface area (Å²) in [6.45, 7) is 2.45. The van der Waals surface area contributed by atoms with Gasteiger partial charge in [-0.3, -0.25) is 4.79 Å². The van der Waals surface area contributed by atoms with Crippen LogP contribution in [0.15, 0.2) is 0 Å². The van der Waals surface area contributed by atoms with Crippen molar-refractivity contribution < 1.29 is 14.6 Å². The topological polar surface area (TPSA) is 46.5 Å². The van der Waals surface area contributed by atoms with E-state index in [-0.39, 0.29) is 18.0 Å². The lowest BCUT2D eigenvalue weighted by atomic mass is 9.61. The zero-order valence-corrected chi connectivity index (χ0v) is 8.38. The summed E-state index contributed by atoms with van der Waals surface area (Å²) < 4.78 is 4.58. The van der Waals surface area contributed by atoms with E-state index in [4.69, 9.17) is 5.11 Å². The summed E-state index contributed by atoms with van der Waals surface area (Å²) in [7, 11) is 1.42. The lowest BCUT2D eigenvalue weighted by Gasteiger charge is -2.44. The van der Waals surface area contributed by atoms with E-state index < -0.39 is 0 Å². The number of ether oxygens (including phenoxy) is 1. The molecular formula is C10H18O3. The second-order valence-electron chi connectivity index (χ2n) is 4.34. The minimum atomic E-state index is -0.131. The fraction of sp³-hybridized carbons (Fsp3) is 0.900. The number of rotatable bonds is 4. The number of aliphatic hydroxyl groups excluding tert-OH is 1. The summed E-state index contributed by atoms with van der Waals surface area (Å²) in [5.41, 5.74) is 0.265. The van der Waals surface area contributed by atoms with E-state index >= 15 is 0 Å². The molecule has 0 aromatic rings. The predicted octanol–water partition coefficient (Wildman–Crippen LogP) is 1.35. The molecule has 0 atom stereocenters. The van der Waals surface area contributed by atoms with Gasteiger partial charge in [-0.15, -0.1) is 0 Å². The van der Waals surface area contributed by atoms with Crippen molar-refractivity contribution in [3.63, 3.8) is 0 Å². The van der Waals surface area contributed by atoms with Crippen molar-refractivity contribution in [2.24, 2.45) is 11.3 Å². The summed E-state index contributed by atoms with van der Waals surface area (Å²) in [5, 5.41) is 8.85. The maximum absolute atomic E-state index is 10.9. The lowest BCUT2D eigenvalue weighted by molar-refractivity contribution is -0.142. The van der Waals surface area contributed by atoms with Crippen molar-refractivity contribution >= 4 is 5.97 Å². The minimum absolute atomic E-state index is 0.131. The van der Waals surface area contributed by atoms with Crippen LogP contribution in [-0.4, -0.2) is 24.8 Å². The van der Waals surface area contributed by atoms with Crippen LogP contribution >= 0.6 is 0 Å². The van der Waals surface area contributed by atoms with Gasteiger partial charge in [0.1, 0.15) is 0 Å². The highest BCUT2D eigenvalue weighted by atomic mass is 16.5. The smallest absolute Gasteiger partial charge is 0.305 e. The van der Waals surface area contributed by atoms with Crippen molar-refractivity contribution in [3.8, 4) is 0 Å². The third kappa shape index (κ3) is 2.69. The van der Waals surface area contributed by atoms with Gasteiger partial charge in [0.25, 0.3) is 0 Å². The van der Waals surface area contributed by atoms with Gasteiger partial charge < -0.3 is 9.84 Å². The Kier molecular flexibility index (Phi) is 3.31. The van der Waals surface area contributed by atoms with Crippen LogP contribution in [0.3, 0.4) is 0 Å². The molecule has 0 heterocycles. The summed E-state index contributed by atoms with van der Waals surface area (Å²) in [5.74, 6) is 0.330. The van der Waals surface area contributed by atoms with Crippen molar-refractivity contribution in [1.82, 2.24) is 0 Å². The van der Waals surface area contributed by atoms with Gasteiger partial charge in [-0.1, -0.05) is 6.92 Å². The monoisotopic (exact) mass is 186 g/mol. The van der Waals surface area contributed by atoms with Gasteiger partial charge in [-0.25, -0.2) is 0 Å². The SMILES string of the molecule is COC(=O)CCC1(C)CC(CO)C1. The van der Waals surface area contributed by atoms with Crippen molar-refractivity contribution in [2.45, 2.75) is 32.6 Å². The third-order valence-electron chi connectivity index (χ3n) is 2.98. The molecule has 1 aliphatic carbocycles. The first-order chi connectivity index (χ1) is 6.09. The van der Waals surface area contributed by atoms with Crippen molar-refractivity contribution in [1.29, 1.82) is 0 Å². The fourth-order valence-electron chi connectivity index (χ4n) is 2.17. The molecule has 0 saturated heterocycles. The zero-order chi connectivity index (χ0) is 9.90. The van der Waals surface area contributed by atoms with Gasteiger partial charge in [0.15, 0.2) is 0 Å². The van der Waals surface area contributed by atoms with E-state index in [9.17, 15) is 4.79 Å². The van der Waals surface area contributed by atoms with Crippen LogP contribution in [0.5, 0.6) is 0 Å². The second-order valence-corrected chi connectivity index (χ2v) is 4.34. The van der Waals surface area contributed by atoms with Crippen LogP contribution in [0.25, 0.3) is 0 Å². The normalized spacial score (nSPS) is 32.4. The molecule has 1 rings (SSSR count). The largest absolute Gasteiger partial charge is 0.469 e.